The zero-order valence-corrected chi connectivity index (χ0v) is 17.7. The van der Waals surface area contributed by atoms with Gasteiger partial charge in [0.2, 0.25) is 5.88 Å². The first-order valence-electron chi connectivity index (χ1n) is 10.4. The number of nitrogens with zero attached hydrogens (tertiary/aromatic N) is 5. The summed E-state index contributed by atoms with van der Waals surface area (Å²) in [7, 11) is 0. The van der Waals surface area contributed by atoms with E-state index in [-0.39, 0.29) is 17.2 Å². The Morgan fingerprint density at radius 3 is 2.71 bits per heavy atom. The van der Waals surface area contributed by atoms with Crippen molar-refractivity contribution in [2.75, 3.05) is 0 Å². The predicted octanol–water partition coefficient (Wildman–Crippen LogP) is 3.13. The van der Waals surface area contributed by atoms with E-state index < -0.39 is 17.8 Å². The van der Waals surface area contributed by atoms with Crippen molar-refractivity contribution in [2.45, 2.75) is 63.4 Å². The minimum atomic E-state index is -1.12. The van der Waals surface area contributed by atoms with Crippen LogP contribution in [0.4, 0.5) is 4.39 Å². The van der Waals surface area contributed by atoms with Crippen molar-refractivity contribution >= 4 is 0 Å². The molecule has 5 rings (SSSR count). The number of ether oxygens (including phenoxy) is 1. The number of piperidine rings is 1. The largest absolute Gasteiger partial charge is 0.507 e. The number of alkyl halides is 1. The maximum atomic E-state index is 15.1. The smallest absolute Gasteiger partial charge is 0.233 e. The molecule has 31 heavy (non-hydrogen) atoms. The minimum absolute atomic E-state index is 0.0371. The molecule has 0 unspecified atom stereocenters. The van der Waals surface area contributed by atoms with Gasteiger partial charge < -0.3 is 15.2 Å². The third-order valence-electron chi connectivity index (χ3n) is 6.38. The zero-order valence-electron chi connectivity index (χ0n) is 17.7. The van der Waals surface area contributed by atoms with E-state index in [4.69, 9.17) is 4.74 Å². The van der Waals surface area contributed by atoms with Gasteiger partial charge in [-0.25, -0.2) is 4.39 Å². The van der Waals surface area contributed by atoms with Crippen LogP contribution in [0.1, 0.15) is 38.8 Å². The molecule has 2 aliphatic heterocycles. The fraction of sp³-hybridized carbons (Fsp3) is 0.455. The molecule has 4 heterocycles. The van der Waals surface area contributed by atoms with Crippen LogP contribution in [0.2, 0.25) is 0 Å². The van der Waals surface area contributed by atoms with Gasteiger partial charge in [0, 0.05) is 29.7 Å². The standard InChI is InChI=1S/C22H25FN6O2/c1-13-12-24-29(27-13)14-4-5-15(17(30)10-14)16-6-7-19(26-25-16)31-18-11-21(2)8-9-22(3,28-21)20(18)23/h4-7,10,12,18,20,28,30H,8-9,11H2,1-3H3/t18-,20-,21-,22+/m1/s1. The van der Waals surface area contributed by atoms with Crippen LogP contribution < -0.4 is 10.1 Å². The molecule has 0 radical (unpaired) electrons. The molecule has 2 aliphatic rings. The average molecular weight is 424 g/mol. The number of aromatic nitrogens is 5. The summed E-state index contributed by atoms with van der Waals surface area (Å²) in [5.41, 5.74) is 1.74. The fourth-order valence-corrected chi connectivity index (χ4v) is 4.78. The summed E-state index contributed by atoms with van der Waals surface area (Å²) in [5, 5.41) is 30.6. The molecule has 0 saturated carbocycles. The second-order valence-corrected chi connectivity index (χ2v) is 9.10. The summed E-state index contributed by atoms with van der Waals surface area (Å²) in [4.78, 5) is 1.45. The number of phenolic OH excluding ortho intramolecular Hbond substituents is 1. The monoisotopic (exact) mass is 424 g/mol. The second kappa shape index (κ2) is 6.98. The van der Waals surface area contributed by atoms with Crippen molar-refractivity contribution in [3.63, 3.8) is 0 Å². The molecular weight excluding hydrogens is 399 g/mol. The van der Waals surface area contributed by atoms with Crippen molar-refractivity contribution in [1.82, 2.24) is 30.5 Å². The van der Waals surface area contributed by atoms with E-state index in [1.54, 1.807) is 36.5 Å². The first-order chi connectivity index (χ1) is 14.7. The van der Waals surface area contributed by atoms with Crippen molar-refractivity contribution in [3.05, 3.63) is 42.2 Å². The van der Waals surface area contributed by atoms with E-state index in [0.29, 0.717) is 23.4 Å². The number of nitrogens with one attached hydrogen (secondary N) is 1. The van der Waals surface area contributed by atoms with E-state index >= 15 is 4.39 Å². The zero-order chi connectivity index (χ0) is 21.8. The number of aromatic hydroxyl groups is 1. The first-order valence-corrected chi connectivity index (χ1v) is 10.4. The number of rotatable bonds is 4. The van der Waals surface area contributed by atoms with Gasteiger partial charge in [0.1, 0.15) is 11.9 Å². The molecule has 0 amide bonds. The Morgan fingerprint density at radius 1 is 1.19 bits per heavy atom. The number of benzene rings is 1. The molecular formula is C22H25FN6O2. The van der Waals surface area contributed by atoms with Crippen LogP contribution >= 0.6 is 0 Å². The summed E-state index contributed by atoms with van der Waals surface area (Å²) < 4.78 is 21.0. The molecule has 4 atom stereocenters. The Morgan fingerprint density at radius 2 is 2.03 bits per heavy atom. The Balaban J connectivity index is 1.34. The van der Waals surface area contributed by atoms with Gasteiger partial charge >= 0.3 is 0 Å². The van der Waals surface area contributed by atoms with Crippen LogP contribution in [0.5, 0.6) is 11.6 Å². The molecule has 2 fully saturated rings. The number of halogens is 1. The highest BCUT2D eigenvalue weighted by Crippen LogP contribution is 2.44. The predicted molar refractivity (Wildman–Crippen MR) is 112 cm³/mol. The number of hydrogen-bond donors (Lipinski definition) is 2. The van der Waals surface area contributed by atoms with E-state index in [1.165, 1.54) is 4.80 Å². The maximum absolute atomic E-state index is 15.1. The molecule has 2 N–H and O–H groups in total. The average Bonchev–Trinajstić information content (AvgIpc) is 3.29. The van der Waals surface area contributed by atoms with Gasteiger partial charge in [-0.15, -0.1) is 10.2 Å². The van der Waals surface area contributed by atoms with Crippen LogP contribution in [0.25, 0.3) is 16.9 Å². The number of hydrogen-bond acceptors (Lipinski definition) is 7. The van der Waals surface area contributed by atoms with Crippen molar-refractivity contribution in [3.8, 4) is 28.6 Å². The van der Waals surface area contributed by atoms with Crippen LogP contribution in [-0.2, 0) is 0 Å². The molecule has 8 nitrogen and oxygen atoms in total. The third-order valence-corrected chi connectivity index (χ3v) is 6.38. The molecule has 2 aromatic heterocycles. The van der Waals surface area contributed by atoms with E-state index in [9.17, 15) is 5.11 Å². The van der Waals surface area contributed by atoms with Gasteiger partial charge in [-0.1, -0.05) is 0 Å². The van der Waals surface area contributed by atoms with Gasteiger partial charge in [0.25, 0.3) is 0 Å². The van der Waals surface area contributed by atoms with Gasteiger partial charge in [0.05, 0.1) is 28.8 Å². The topological polar surface area (TPSA) is 98.0 Å². The van der Waals surface area contributed by atoms with Gasteiger partial charge in [-0.2, -0.15) is 15.0 Å². The Bertz CT molecular complexity index is 1120. The lowest BCUT2D eigenvalue weighted by Crippen LogP contribution is -2.63. The normalized spacial score (nSPS) is 29.8. The Labute approximate surface area is 179 Å². The second-order valence-electron chi connectivity index (χ2n) is 9.10. The van der Waals surface area contributed by atoms with Gasteiger partial charge in [0.15, 0.2) is 6.17 Å². The van der Waals surface area contributed by atoms with E-state index in [1.807, 2.05) is 13.8 Å². The number of phenols is 1. The van der Waals surface area contributed by atoms with E-state index in [0.717, 1.165) is 18.5 Å². The molecule has 0 spiro atoms. The highest BCUT2D eigenvalue weighted by atomic mass is 19.1. The SMILES string of the molecule is Cc1cnn(-c2ccc(-c3ccc(O[C@@H]4C[C@@]5(C)CC[C@](C)(N5)[C@@H]4F)nn3)c(O)c2)n1. The molecule has 0 aliphatic carbocycles. The summed E-state index contributed by atoms with van der Waals surface area (Å²) >= 11 is 0. The van der Waals surface area contributed by atoms with Crippen molar-refractivity contribution in [2.24, 2.45) is 0 Å². The lowest BCUT2D eigenvalue weighted by Gasteiger charge is -2.43. The molecule has 162 valence electrons. The summed E-state index contributed by atoms with van der Waals surface area (Å²) in [6.45, 7) is 5.87. The lowest BCUT2D eigenvalue weighted by molar-refractivity contribution is -0.00951. The molecule has 1 aromatic carbocycles. The number of aryl methyl sites for hydroxylation is 1. The quantitative estimate of drug-likeness (QED) is 0.664. The van der Waals surface area contributed by atoms with Crippen molar-refractivity contribution in [1.29, 1.82) is 0 Å². The molecule has 3 aromatic rings. The highest BCUT2D eigenvalue weighted by molar-refractivity contribution is 5.68. The summed E-state index contributed by atoms with van der Waals surface area (Å²) in [5.74, 6) is 0.312. The maximum Gasteiger partial charge on any atom is 0.233 e. The lowest BCUT2D eigenvalue weighted by atomic mass is 9.85. The Kier molecular flexibility index (Phi) is 4.47. The van der Waals surface area contributed by atoms with E-state index in [2.05, 4.69) is 32.6 Å². The van der Waals surface area contributed by atoms with Crippen LogP contribution in [0.3, 0.4) is 0 Å². The minimum Gasteiger partial charge on any atom is -0.507 e. The van der Waals surface area contributed by atoms with Crippen LogP contribution in [0.15, 0.2) is 36.5 Å². The Hall–Kier alpha value is -3.07. The van der Waals surface area contributed by atoms with Crippen molar-refractivity contribution < 1.29 is 14.2 Å². The first kappa shape index (κ1) is 19.9. The number of fused-ring (bicyclic) bond motifs is 2. The molecule has 9 heteroatoms. The summed E-state index contributed by atoms with van der Waals surface area (Å²) in [6, 6.07) is 8.47. The summed E-state index contributed by atoms with van der Waals surface area (Å²) in [6.07, 6.45) is 2.24. The van der Waals surface area contributed by atoms with Gasteiger partial charge in [-0.05, 0) is 51.8 Å². The van der Waals surface area contributed by atoms with Crippen LogP contribution in [-0.4, -0.2) is 53.7 Å². The third kappa shape index (κ3) is 3.52. The van der Waals surface area contributed by atoms with Gasteiger partial charge in [-0.3, -0.25) is 0 Å². The molecule has 2 saturated heterocycles. The highest BCUT2D eigenvalue weighted by Gasteiger charge is 2.56. The fourth-order valence-electron chi connectivity index (χ4n) is 4.78. The van der Waals surface area contributed by atoms with Crippen LogP contribution in [0, 0.1) is 6.92 Å². The molecule has 2 bridgehead atoms.